The number of rotatable bonds is 2. The normalized spacial score (nSPS) is 10.7. The van der Waals surface area contributed by atoms with Gasteiger partial charge in [-0.1, -0.05) is 0 Å². The van der Waals surface area contributed by atoms with Gasteiger partial charge < -0.3 is 0 Å². The molecule has 2 nitrogen and oxygen atoms in total. The van der Waals surface area contributed by atoms with E-state index in [2.05, 4.69) is 20.9 Å². The summed E-state index contributed by atoms with van der Waals surface area (Å²) in [6.07, 6.45) is -2.51. The van der Waals surface area contributed by atoms with Crippen LogP contribution in [0.4, 0.5) is 13.2 Å². The van der Waals surface area contributed by atoms with E-state index >= 15 is 0 Å². The van der Waals surface area contributed by atoms with Crippen molar-refractivity contribution in [3.05, 3.63) is 27.7 Å². The third kappa shape index (κ3) is 2.06. The van der Waals surface area contributed by atoms with E-state index < -0.39 is 33.2 Å². The van der Waals surface area contributed by atoms with E-state index in [1.165, 1.54) is 0 Å². The van der Waals surface area contributed by atoms with Gasteiger partial charge >= 0.3 is 0 Å². The van der Waals surface area contributed by atoms with Crippen molar-refractivity contribution in [2.24, 2.45) is 0 Å². The summed E-state index contributed by atoms with van der Waals surface area (Å²) >= 11 is 7.68. The van der Waals surface area contributed by atoms with Crippen LogP contribution in [0.2, 0.25) is 0 Å². The van der Waals surface area contributed by atoms with Gasteiger partial charge in [-0.05, 0) is 27.5 Å². The number of nitrogens with zero attached hydrogens (tertiary/aromatic N) is 1. The summed E-state index contributed by atoms with van der Waals surface area (Å²) in [5.41, 5.74) is -1.34. The first-order chi connectivity index (χ1) is 6.45. The standard InChI is InChI=1S/C7H2BrClF3NO/c8-4-3(7(11)12)2(10)1-13-5(4)6(9)14/h1,7H. The maximum atomic E-state index is 12.8. The molecule has 7 heteroatoms. The van der Waals surface area contributed by atoms with Gasteiger partial charge in [0, 0.05) is 0 Å². The minimum atomic E-state index is -3.04. The molecule has 0 unspecified atom stereocenters. The van der Waals surface area contributed by atoms with Crippen molar-refractivity contribution in [1.29, 1.82) is 0 Å². The molecular weight excluding hydrogens is 286 g/mol. The Labute approximate surface area is 90.2 Å². The fourth-order valence-corrected chi connectivity index (χ4v) is 1.72. The van der Waals surface area contributed by atoms with E-state index in [0.717, 1.165) is 0 Å². The van der Waals surface area contributed by atoms with Gasteiger partial charge in [-0.15, -0.1) is 0 Å². The first-order valence-corrected chi connectivity index (χ1v) is 4.44. The van der Waals surface area contributed by atoms with Crippen molar-refractivity contribution in [1.82, 2.24) is 4.98 Å². The van der Waals surface area contributed by atoms with Crippen LogP contribution in [0.3, 0.4) is 0 Å². The first-order valence-electron chi connectivity index (χ1n) is 3.27. The fourth-order valence-electron chi connectivity index (χ4n) is 0.817. The Kier molecular flexibility index (Phi) is 3.49. The molecule has 0 aromatic carbocycles. The minimum absolute atomic E-state index is 0.410. The van der Waals surface area contributed by atoms with Gasteiger partial charge in [-0.2, -0.15) is 0 Å². The molecule has 1 rings (SSSR count). The van der Waals surface area contributed by atoms with Crippen molar-refractivity contribution >= 4 is 32.8 Å². The summed E-state index contributed by atoms with van der Waals surface area (Å²) in [4.78, 5) is 13.9. The van der Waals surface area contributed by atoms with E-state index in [4.69, 9.17) is 11.6 Å². The summed E-state index contributed by atoms with van der Waals surface area (Å²) in [5.74, 6) is -1.19. The van der Waals surface area contributed by atoms with Crippen LogP contribution < -0.4 is 0 Å². The van der Waals surface area contributed by atoms with Crippen molar-refractivity contribution in [2.45, 2.75) is 6.43 Å². The zero-order chi connectivity index (χ0) is 10.9. The molecule has 0 saturated carbocycles. The lowest BCUT2D eigenvalue weighted by Gasteiger charge is -2.06. The number of hydrogen-bond donors (Lipinski definition) is 0. The predicted octanol–water partition coefficient (Wildman–Crippen LogP) is 3.30. The highest BCUT2D eigenvalue weighted by atomic mass is 79.9. The average molecular weight is 288 g/mol. The van der Waals surface area contributed by atoms with Crippen LogP contribution in [0.1, 0.15) is 22.5 Å². The summed E-state index contributed by atoms with van der Waals surface area (Å²) in [6.45, 7) is 0. The Morgan fingerprint density at radius 1 is 1.57 bits per heavy atom. The second-order valence-electron chi connectivity index (χ2n) is 2.26. The maximum Gasteiger partial charge on any atom is 0.272 e. The van der Waals surface area contributed by atoms with Gasteiger partial charge in [-0.25, -0.2) is 18.2 Å². The monoisotopic (exact) mass is 287 g/mol. The van der Waals surface area contributed by atoms with Gasteiger partial charge in [0.15, 0.2) is 5.82 Å². The maximum absolute atomic E-state index is 12.8. The number of pyridine rings is 1. The van der Waals surface area contributed by atoms with E-state index in [-0.39, 0.29) is 0 Å². The first kappa shape index (κ1) is 11.5. The lowest BCUT2D eigenvalue weighted by Crippen LogP contribution is -2.02. The second kappa shape index (κ2) is 4.27. The number of hydrogen-bond acceptors (Lipinski definition) is 2. The van der Waals surface area contributed by atoms with E-state index in [0.29, 0.717) is 6.20 Å². The summed E-state index contributed by atoms with van der Waals surface area (Å²) < 4.78 is 37.0. The van der Waals surface area contributed by atoms with Gasteiger partial charge in [0.05, 0.1) is 16.2 Å². The van der Waals surface area contributed by atoms with Gasteiger partial charge in [0.25, 0.3) is 11.7 Å². The average Bonchev–Trinajstić information content (AvgIpc) is 2.02. The smallest absolute Gasteiger partial charge is 0.272 e. The molecule has 0 bridgehead atoms. The predicted molar refractivity (Wildman–Crippen MR) is 47.0 cm³/mol. The van der Waals surface area contributed by atoms with Crippen molar-refractivity contribution in [3.63, 3.8) is 0 Å². The van der Waals surface area contributed by atoms with Crippen LogP contribution in [-0.4, -0.2) is 10.2 Å². The van der Waals surface area contributed by atoms with Gasteiger partial charge in [0.2, 0.25) is 0 Å². The lowest BCUT2D eigenvalue weighted by molar-refractivity contribution is 0.107. The Morgan fingerprint density at radius 3 is 2.57 bits per heavy atom. The van der Waals surface area contributed by atoms with E-state index in [9.17, 15) is 18.0 Å². The lowest BCUT2D eigenvalue weighted by atomic mass is 10.2. The Morgan fingerprint density at radius 2 is 2.14 bits per heavy atom. The molecule has 0 amide bonds. The molecule has 1 aromatic rings. The van der Waals surface area contributed by atoms with Crippen molar-refractivity contribution < 1.29 is 18.0 Å². The van der Waals surface area contributed by atoms with Crippen molar-refractivity contribution in [3.8, 4) is 0 Å². The topological polar surface area (TPSA) is 30.0 Å². The van der Waals surface area contributed by atoms with Crippen LogP contribution in [0, 0.1) is 5.82 Å². The van der Waals surface area contributed by atoms with Gasteiger partial charge in [-0.3, -0.25) is 4.79 Å². The second-order valence-corrected chi connectivity index (χ2v) is 3.39. The highest BCUT2D eigenvalue weighted by Gasteiger charge is 2.23. The molecule has 0 atom stereocenters. The zero-order valence-corrected chi connectivity index (χ0v) is 8.74. The highest BCUT2D eigenvalue weighted by molar-refractivity contribution is 9.10. The summed E-state index contributed by atoms with van der Waals surface area (Å²) in [6, 6.07) is 0. The van der Waals surface area contributed by atoms with Crippen LogP contribution in [0.25, 0.3) is 0 Å². The SMILES string of the molecule is O=C(Cl)c1ncc(F)c(C(F)F)c1Br. The van der Waals surface area contributed by atoms with E-state index in [1.807, 2.05) is 0 Å². The Bertz CT molecular complexity index is 385. The highest BCUT2D eigenvalue weighted by Crippen LogP contribution is 2.31. The number of carbonyl (C=O) groups excluding carboxylic acids is 1. The number of carbonyl (C=O) groups is 1. The molecule has 1 aromatic heterocycles. The fraction of sp³-hybridized carbons (Fsp3) is 0.143. The number of alkyl halides is 2. The zero-order valence-electron chi connectivity index (χ0n) is 6.40. The minimum Gasteiger partial charge on any atom is -0.274 e. The van der Waals surface area contributed by atoms with E-state index in [1.54, 1.807) is 0 Å². The molecule has 76 valence electrons. The largest absolute Gasteiger partial charge is 0.274 e. The van der Waals surface area contributed by atoms with Gasteiger partial charge in [0.1, 0.15) is 5.69 Å². The molecule has 14 heavy (non-hydrogen) atoms. The number of halogens is 5. The molecule has 0 spiro atoms. The third-order valence-electron chi connectivity index (χ3n) is 1.41. The molecule has 0 saturated heterocycles. The molecule has 0 aliphatic heterocycles. The van der Waals surface area contributed by atoms with Crippen LogP contribution in [-0.2, 0) is 0 Å². The number of aromatic nitrogens is 1. The van der Waals surface area contributed by atoms with Crippen LogP contribution in [0.5, 0.6) is 0 Å². The molecule has 0 radical (unpaired) electrons. The molecule has 0 aliphatic carbocycles. The molecule has 0 aliphatic rings. The molecule has 0 N–H and O–H groups in total. The summed E-state index contributed by atoms with van der Waals surface area (Å²) in [5, 5.41) is -1.03. The molecular formula is C7H2BrClF3NO. The third-order valence-corrected chi connectivity index (χ3v) is 2.39. The van der Waals surface area contributed by atoms with Crippen molar-refractivity contribution in [2.75, 3.05) is 0 Å². The van der Waals surface area contributed by atoms with Crippen LogP contribution in [0.15, 0.2) is 10.7 Å². The Balaban J connectivity index is 3.41. The van der Waals surface area contributed by atoms with Crippen LogP contribution >= 0.6 is 27.5 Å². The quantitative estimate of drug-likeness (QED) is 0.782. The molecule has 1 heterocycles. The molecule has 0 fully saturated rings. The Hall–Kier alpha value is -0.620. The summed E-state index contributed by atoms with van der Waals surface area (Å²) in [7, 11) is 0.